The van der Waals surface area contributed by atoms with Crippen LogP contribution >= 0.6 is 24.0 Å². The molecular formula is C6H12N2OS2. The summed E-state index contributed by atoms with van der Waals surface area (Å²) in [5, 5.41) is 2.82. The predicted molar refractivity (Wildman–Crippen MR) is 52.8 cm³/mol. The third-order valence-corrected chi connectivity index (χ3v) is 2.23. The van der Waals surface area contributed by atoms with Gasteiger partial charge in [-0.3, -0.25) is 4.79 Å². The Labute approximate surface area is 76.5 Å². The lowest BCUT2D eigenvalue weighted by atomic mass is 10.5. The van der Waals surface area contributed by atoms with E-state index in [1.54, 1.807) is 14.1 Å². The van der Waals surface area contributed by atoms with Gasteiger partial charge in [-0.1, -0.05) is 12.2 Å². The van der Waals surface area contributed by atoms with E-state index >= 15 is 0 Å². The van der Waals surface area contributed by atoms with Crippen LogP contribution in [0.2, 0.25) is 0 Å². The van der Waals surface area contributed by atoms with Crippen molar-refractivity contribution in [2.24, 2.45) is 0 Å². The van der Waals surface area contributed by atoms with E-state index in [0.29, 0.717) is 4.32 Å². The number of likely N-dealkylation sites (N-methyl/N-ethyl adjacent to an activating group) is 1. The van der Waals surface area contributed by atoms with Gasteiger partial charge in [0.05, 0.1) is 6.54 Å². The van der Waals surface area contributed by atoms with Gasteiger partial charge in [-0.05, 0) is 6.26 Å². The highest BCUT2D eigenvalue weighted by atomic mass is 32.2. The fraction of sp³-hybridized carbons (Fsp3) is 0.667. The minimum absolute atomic E-state index is 0.0291. The maximum atomic E-state index is 11.0. The van der Waals surface area contributed by atoms with Gasteiger partial charge >= 0.3 is 0 Å². The third-order valence-electron chi connectivity index (χ3n) is 1.07. The molecule has 0 fully saturated rings. The number of nitrogens with zero attached hydrogens (tertiary/aromatic N) is 1. The molecule has 1 amide bonds. The summed E-state index contributed by atoms with van der Waals surface area (Å²) in [6, 6.07) is 0. The standard InChI is InChI=1S/C6H12N2OS2/c1-8(2)5(9)4-7-6(10)11-3/h4H2,1-3H3,(H,7,10). The number of carbonyl (C=O) groups is 1. The molecule has 0 radical (unpaired) electrons. The Balaban J connectivity index is 3.54. The fourth-order valence-electron chi connectivity index (χ4n) is 0.378. The average Bonchev–Trinajstić information content (AvgIpc) is 1.99. The van der Waals surface area contributed by atoms with E-state index in [1.165, 1.54) is 16.7 Å². The quantitative estimate of drug-likeness (QED) is 0.638. The smallest absolute Gasteiger partial charge is 0.241 e. The van der Waals surface area contributed by atoms with E-state index in [2.05, 4.69) is 5.32 Å². The van der Waals surface area contributed by atoms with Crippen molar-refractivity contribution in [3.63, 3.8) is 0 Å². The zero-order valence-electron chi connectivity index (χ0n) is 6.88. The van der Waals surface area contributed by atoms with Gasteiger partial charge in [0.2, 0.25) is 5.91 Å². The van der Waals surface area contributed by atoms with Crippen molar-refractivity contribution < 1.29 is 4.79 Å². The van der Waals surface area contributed by atoms with Crippen LogP contribution in [0, 0.1) is 0 Å². The summed E-state index contributed by atoms with van der Waals surface area (Å²) in [6.45, 7) is 0.284. The molecular weight excluding hydrogens is 180 g/mol. The predicted octanol–water partition coefficient (Wildman–Crippen LogP) is 0.312. The van der Waals surface area contributed by atoms with Crippen molar-refractivity contribution in [1.82, 2.24) is 10.2 Å². The fourth-order valence-corrected chi connectivity index (χ4v) is 0.667. The zero-order chi connectivity index (χ0) is 8.85. The van der Waals surface area contributed by atoms with E-state index < -0.39 is 0 Å². The summed E-state index contributed by atoms with van der Waals surface area (Å²) >= 11 is 6.27. The lowest BCUT2D eigenvalue weighted by Gasteiger charge is -2.10. The number of amides is 1. The molecule has 0 saturated heterocycles. The topological polar surface area (TPSA) is 32.3 Å². The number of rotatable bonds is 2. The zero-order valence-corrected chi connectivity index (χ0v) is 8.51. The van der Waals surface area contributed by atoms with Gasteiger partial charge in [0, 0.05) is 14.1 Å². The molecule has 64 valence electrons. The first-order valence-electron chi connectivity index (χ1n) is 3.10. The molecule has 0 aromatic heterocycles. The first kappa shape index (κ1) is 10.7. The van der Waals surface area contributed by atoms with Crippen LogP contribution in [0.15, 0.2) is 0 Å². The molecule has 0 aromatic carbocycles. The molecule has 0 heterocycles. The van der Waals surface area contributed by atoms with Crippen molar-refractivity contribution in [2.45, 2.75) is 0 Å². The molecule has 0 rings (SSSR count). The highest BCUT2D eigenvalue weighted by molar-refractivity contribution is 8.22. The summed E-state index contributed by atoms with van der Waals surface area (Å²) in [4.78, 5) is 12.5. The second-order valence-electron chi connectivity index (χ2n) is 2.13. The lowest BCUT2D eigenvalue weighted by molar-refractivity contribution is -0.127. The summed E-state index contributed by atoms with van der Waals surface area (Å²) in [6.07, 6.45) is 1.87. The van der Waals surface area contributed by atoms with Gasteiger partial charge < -0.3 is 10.2 Å². The van der Waals surface area contributed by atoms with E-state index in [-0.39, 0.29) is 12.5 Å². The molecule has 0 unspecified atom stereocenters. The SMILES string of the molecule is CSC(=S)NCC(=O)N(C)C. The van der Waals surface area contributed by atoms with E-state index in [0.717, 1.165) is 0 Å². The van der Waals surface area contributed by atoms with Crippen LogP contribution in [0.4, 0.5) is 0 Å². The van der Waals surface area contributed by atoms with E-state index in [4.69, 9.17) is 12.2 Å². The first-order valence-corrected chi connectivity index (χ1v) is 4.73. The van der Waals surface area contributed by atoms with Crippen LogP contribution in [0.1, 0.15) is 0 Å². The van der Waals surface area contributed by atoms with Crippen LogP contribution in [0.3, 0.4) is 0 Å². The van der Waals surface area contributed by atoms with E-state index in [9.17, 15) is 4.79 Å². The minimum atomic E-state index is 0.0291. The largest absolute Gasteiger partial charge is 0.362 e. The maximum absolute atomic E-state index is 11.0. The molecule has 3 nitrogen and oxygen atoms in total. The van der Waals surface area contributed by atoms with Crippen molar-refractivity contribution in [3.8, 4) is 0 Å². The Hall–Kier alpha value is -0.290. The molecule has 0 aromatic rings. The number of hydrogen-bond donors (Lipinski definition) is 1. The number of thioether (sulfide) groups is 1. The summed E-state index contributed by atoms with van der Waals surface area (Å²) < 4.78 is 0.653. The number of hydrogen-bond acceptors (Lipinski definition) is 3. The highest BCUT2D eigenvalue weighted by Crippen LogP contribution is 1.92. The van der Waals surface area contributed by atoms with Crippen molar-refractivity contribution >= 4 is 34.2 Å². The Kier molecular flexibility index (Phi) is 5.23. The molecule has 1 N–H and O–H groups in total. The average molecular weight is 192 g/mol. The molecule has 0 aliphatic rings. The molecule has 0 saturated carbocycles. The molecule has 0 spiro atoms. The number of nitrogens with one attached hydrogen (secondary N) is 1. The van der Waals surface area contributed by atoms with Crippen LogP contribution in [0.5, 0.6) is 0 Å². The van der Waals surface area contributed by atoms with Crippen LogP contribution in [0.25, 0.3) is 0 Å². The Bertz CT molecular complexity index is 159. The molecule has 5 heteroatoms. The Morgan fingerprint density at radius 3 is 2.55 bits per heavy atom. The van der Waals surface area contributed by atoms with Crippen molar-refractivity contribution in [1.29, 1.82) is 0 Å². The Morgan fingerprint density at radius 2 is 2.18 bits per heavy atom. The van der Waals surface area contributed by atoms with Gasteiger partial charge in [0.1, 0.15) is 4.32 Å². The highest BCUT2D eigenvalue weighted by Gasteiger charge is 2.02. The van der Waals surface area contributed by atoms with Crippen LogP contribution in [-0.4, -0.2) is 42.0 Å². The third kappa shape index (κ3) is 5.03. The Morgan fingerprint density at radius 1 is 1.64 bits per heavy atom. The normalized spacial score (nSPS) is 9.00. The summed E-state index contributed by atoms with van der Waals surface area (Å²) in [7, 11) is 3.43. The number of carbonyl (C=O) groups excluding carboxylic acids is 1. The minimum Gasteiger partial charge on any atom is -0.362 e. The molecule has 0 bridgehead atoms. The molecule has 0 atom stereocenters. The van der Waals surface area contributed by atoms with Gasteiger partial charge in [-0.15, -0.1) is 11.8 Å². The molecule has 0 aliphatic carbocycles. The van der Waals surface area contributed by atoms with E-state index in [1.807, 2.05) is 6.26 Å². The summed E-state index contributed by atoms with van der Waals surface area (Å²) in [5.74, 6) is 0.0291. The second-order valence-corrected chi connectivity index (χ2v) is 3.62. The van der Waals surface area contributed by atoms with Crippen LogP contribution < -0.4 is 5.32 Å². The van der Waals surface area contributed by atoms with Crippen molar-refractivity contribution in [3.05, 3.63) is 0 Å². The van der Waals surface area contributed by atoms with Crippen molar-refractivity contribution in [2.75, 3.05) is 26.9 Å². The lowest BCUT2D eigenvalue weighted by Crippen LogP contribution is -2.34. The van der Waals surface area contributed by atoms with Gasteiger partial charge in [0.15, 0.2) is 0 Å². The summed E-state index contributed by atoms with van der Waals surface area (Å²) in [5.41, 5.74) is 0. The monoisotopic (exact) mass is 192 g/mol. The van der Waals surface area contributed by atoms with Gasteiger partial charge in [-0.2, -0.15) is 0 Å². The first-order chi connectivity index (χ1) is 5.07. The number of thiocarbonyl (C=S) groups is 1. The van der Waals surface area contributed by atoms with Gasteiger partial charge in [-0.25, -0.2) is 0 Å². The maximum Gasteiger partial charge on any atom is 0.241 e. The molecule has 11 heavy (non-hydrogen) atoms. The molecule has 0 aliphatic heterocycles. The van der Waals surface area contributed by atoms with Crippen LogP contribution in [-0.2, 0) is 4.79 Å². The van der Waals surface area contributed by atoms with Gasteiger partial charge in [0.25, 0.3) is 0 Å². The second kappa shape index (κ2) is 5.37.